The van der Waals surface area contributed by atoms with Gasteiger partial charge in [0.1, 0.15) is 0 Å². The zero-order valence-corrected chi connectivity index (χ0v) is 13.6. The van der Waals surface area contributed by atoms with E-state index in [4.69, 9.17) is 0 Å². The Balaban J connectivity index is 2.26. The third kappa shape index (κ3) is 7.28. The van der Waals surface area contributed by atoms with Crippen LogP contribution in [0.5, 0.6) is 0 Å². The molecule has 1 rings (SSSR count). The minimum absolute atomic E-state index is 0.378. The molecular weight excluding hydrogens is 248 g/mol. The monoisotopic (exact) mass is 282 g/mol. The molecule has 1 heterocycles. The highest BCUT2D eigenvalue weighted by molar-refractivity contribution is 5.76. The lowest BCUT2D eigenvalue weighted by Gasteiger charge is -2.26. The summed E-state index contributed by atoms with van der Waals surface area (Å²) in [6.45, 7) is 7.42. The standard InChI is InChI=1S/C17H34N2O/c1-3-5-7-8-9-12-17(20)19(14-6-4-2)15-16-11-10-13-18-16/h16,18H,3-15H2,1-2H3. The number of carbonyl (C=O) groups excluding carboxylic acids is 1. The largest absolute Gasteiger partial charge is 0.341 e. The van der Waals surface area contributed by atoms with Crippen LogP contribution in [0.15, 0.2) is 0 Å². The Hall–Kier alpha value is -0.570. The normalized spacial score (nSPS) is 18.4. The van der Waals surface area contributed by atoms with Crippen molar-refractivity contribution in [3.05, 3.63) is 0 Å². The lowest BCUT2D eigenvalue weighted by atomic mass is 10.1. The Bertz CT molecular complexity index is 249. The third-order valence-corrected chi connectivity index (χ3v) is 4.23. The lowest BCUT2D eigenvalue weighted by Crippen LogP contribution is -2.41. The molecule has 0 aromatic heterocycles. The molecule has 1 saturated heterocycles. The van der Waals surface area contributed by atoms with E-state index in [-0.39, 0.29) is 0 Å². The molecule has 0 aromatic carbocycles. The molecule has 1 aliphatic heterocycles. The second-order valence-corrected chi connectivity index (χ2v) is 6.15. The van der Waals surface area contributed by atoms with Crippen LogP contribution in [-0.4, -0.2) is 36.5 Å². The highest BCUT2D eigenvalue weighted by Gasteiger charge is 2.20. The van der Waals surface area contributed by atoms with Gasteiger partial charge < -0.3 is 10.2 Å². The second-order valence-electron chi connectivity index (χ2n) is 6.15. The summed E-state index contributed by atoms with van der Waals surface area (Å²) in [5.74, 6) is 0.378. The lowest BCUT2D eigenvalue weighted by molar-refractivity contribution is -0.131. The van der Waals surface area contributed by atoms with Crippen LogP contribution in [-0.2, 0) is 4.79 Å². The maximum Gasteiger partial charge on any atom is 0.222 e. The van der Waals surface area contributed by atoms with Crippen molar-refractivity contribution in [3.8, 4) is 0 Å². The average molecular weight is 282 g/mol. The van der Waals surface area contributed by atoms with Gasteiger partial charge in [0.15, 0.2) is 0 Å². The van der Waals surface area contributed by atoms with Crippen LogP contribution in [0.25, 0.3) is 0 Å². The van der Waals surface area contributed by atoms with Gasteiger partial charge in [-0.3, -0.25) is 4.79 Å². The highest BCUT2D eigenvalue weighted by atomic mass is 16.2. The first-order chi connectivity index (χ1) is 9.77. The number of carbonyl (C=O) groups is 1. The van der Waals surface area contributed by atoms with Gasteiger partial charge in [0, 0.05) is 25.6 Å². The molecule has 0 aromatic rings. The molecule has 0 saturated carbocycles. The SMILES string of the molecule is CCCCCCCC(=O)N(CCCC)CC1CCCN1. The zero-order chi connectivity index (χ0) is 14.6. The molecule has 1 amide bonds. The van der Waals surface area contributed by atoms with Gasteiger partial charge in [0.25, 0.3) is 0 Å². The number of unbranched alkanes of at least 4 members (excludes halogenated alkanes) is 5. The molecule has 0 spiro atoms. The molecule has 3 heteroatoms. The van der Waals surface area contributed by atoms with E-state index in [9.17, 15) is 4.79 Å². The van der Waals surface area contributed by atoms with Gasteiger partial charge in [0.2, 0.25) is 5.91 Å². The predicted molar refractivity (Wildman–Crippen MR) is 85.9 cm³/mol. The van der Waals surface area contributed by atoms with Crippen LogP contribution in [0.2, 0.25) is 0 Å². The van der Waals surface area contributed by atoms with E-state index >= 15 is 0 Å². The molecule has 1 unspecified atom stereocenters. The molecular formula is C17H34N2O. The van der Waals surface area contributed by atoms with Crippen LogP contribution in [0.3, 0.4) is 0 Å². The van der Waals surface area contributed by atoms with Crippen molar-refractivity contribution in [2.75, 3.05) is 19.6 Å². The van der Waals surface area contributed by atoms with E-state index in [0.717, 1.165) is 38.9 Å². The van der Waals surface area contributed by atoms with Crippen LogP contribution in [0.1, 0.15) is 78.1 Å². The maximum absolute atomic E-state index is 12.4. The van der Waals surface area contributed by atoms with Crippen LogP contribution >= 0.6 is 0 Å². The summed E-state index contributed by atoms with van der Waals surface area (Å²) in [4.78, 5) is 14.5. The van der Waals surface area contributed by atoms with Gasteiger partial charge in [0.05, 0.1) is 0 Å². The first kappa shape index (κ1) is 17.5. The topological polar surface area (TPSA) is 32.3 Å². The molecule has 1 N–H and O–H groups in total. The van der Waals surface area contributed by atoms with Crippen molar-refractivity contribution in [2.24, 2.45) is 0 Å². The molecule has 1 fully saturated rings. The molecule has 0 bridgehead atoms. The number of nitrogens with one attached hydrogen (secondary N) is 1. The Kier molecular flexibility index (Phi) is 9.73. The van der Waals surface area contributed by atoms with E-state index in [1.165, 1.54) is 44.9 Å². The van der Waals surface area contributed by atoms with Gasteiger partial charge >= 0.3 is 0 Å². The van der Waals surface area contributed by atoms with Crippen molar-refractivity contribution in [1.29, 1.82) is 0 Å². The van der Waals surface area contributed by atoms with E-state index in [2.05, 4.69) is 24.1 Å². The fourth-order valence-electron chi connectivity index (χ4n) is 2.88. The van der Waals surface area contributed by atoms with Crippen LogP contribution < -0.4 is 5.32 Å². The van der Waals surface area contributed by atoms with E-state index < -0.39 is 0 Å². The highest BCUT2D eigenvalue weighted by Crippen LogP contribution is 2.11. The van der Waals surface area contributed by atoms with Gasteiger partial charge in [-0.2, -0.15) is 0 Å². The van der Waals surface area contributed by atoms with Crippen LogP contribution in [0, 0.1) is 0 Å². The summed E-state index contributed by atoms with van der Waals surface area (Å²) in [6, 6.07) is 0.538. The summed E-state index contributed by atoms with van der Waals surface area (Å²) < 4.78 is 0. The summed E-state index contributed by atoms with van der Waals surface area (Å²) >= 11 is 0. The first-order valence-electron chi connectivity index (χ1n) is 8.79. The molecule has 0 radical (unpaired) electrons. The predicted octanol–water partition coefficient (Wildman–Crippen LogP) is 3.73. The number of amides is 1. The number of nitrogens with zero attached hydrogens (tertiary/aromatic N) is 1. The average Bonchev–Trinajstić information content (AvgIpc) is 2.96. The summed E-state index contributed by atoms with van der Waals surface area (Å²) in [5, 5.41) is 3.51. The van der Waals surface area contributed by atoms with E-state index in [1.54, 1.807) is 0 Å². The van der Waals surface area contributed by atoms with Crippen molar-refractivity contribution < 1.29 is 4.79 Å². The van der Waals surface area contributed by atoms with Gasteiger partial charge in [-0.15, -0.1) is 0 Å². The summed E-state index contributed by atoms with van der Waals surface area (Å²) in [5.41, 5.74) is 0. The third-order valence-electron chi connectivity index (χ3n) is 4.23. The Morgan fingerprint density at radius 1 is 1.10 bits per heavy atom. The molecule has 3 nitrogen and oxygen atoms in total. The summed E-state index contributed by atoms with van der Waals surface area (Å²) in [7, 11) is 0. The van der Waals surface area contributed by atoms with Crippen LogP contribution in [0.4, 0.5) is 0 Å². The second kappa shape index (κ2) is 11.1. The fraction of sp³-hybridized carbons (Fsp3) is 0.941. The van der Waals surface area contributed by atoms with Crippen molar-refractivity contribution in [1.82, 2.24) is 10.2 Å². The van der Waals surface area contributed by atoms with Gasteiger partial charge in [-0.25, -0.2) is 0 Å². The minimum Gasteiger partial charge on any atom is -0.341 e. The van der Waals surface area contributed by atoms with Gasteiger partial charge in [-0.1, -0.05) is 46.0 Å². The quantitative estimate of drug-likeness (QED) is 0.586. The number of hydrogen-bond acceptors (Lipinski definition) is 2. The first-order valence-corrected chi connectivity index (χ1v) is 8.79. The smallest absolute Gasteiger partial charge is 0.222 e. The Labute approximate surface area is 125 Å². The van der Waals surface area contributed by atoms with Gasteiger partial charge in [-0.05, 0) is 32.2 Å². The molecule has 0 aliphatic carbocycles. The molecule has 1 aliphatic rings. The summed E-state index contributed by atoms with van der Waals surface area (Å²) in [6.07, 6.45) is 11.7. The molecule has 1 atom stereocenters. The van der Waals surface area contributed by atoms with Crippen molar-refractivity contribution >= 4 is 5.91 Å². The van der Waals surface area contributed by atoms with E-state index in [0.29, 0.717) is 11.9 Å². The molecule has 20 heavy (non-hydrogen) atoms. The fourth-order valence-corrected chi connectivity index (χ4v) is 2.88. The maximum atomic E-state index is 12.4. The molecule has 118 valence electrons. The Morgan fingerprint density at radius 3 is 2.50 bits per heavy atom. The minimum atomic E-state index is 0.378. The van der Waals surface area contributed by atoms with Crippen molar-refractivity contribution in [2.45, 2.75) is 84.1 Å². The van der Waals surface area contributed by atoms with Crippen molar-refractivity contribution in [3.63, 3.8) is 0 Å². The Morgan fingerprint density at radius 2 is 1.85 bits per heavy atom. The number of hydrogen-bond donors (Lipinski definition) is 1. The zero-order valence-electron chi connectivity index (χ0n) is 13.6. The number of rotatable bonds is 11. The van der Waals surface area contributed by atoms with E-state index in [1.807, 2.05) is 0 Å².